The highest BCUT2D eigenvalue weighted by atomic mass is 35.5. The molecule has 0 unspecified atom stereocenters. The smallest absolute Gasteiger partial charge is 0.154 e. The average molecular weight is 259 g/mol. The van der Waals surface area contributed by atoms with Crippen molar-refractivity contribution in [1.82, 2.24) is 0 Å². The average Bonchev–Trinajstić information content (AvgIpc) is 2.93. The first-order valence-electron chi connectivity index (χ1n) is 5.42. The van der Waals surface area contributed by atoms with Gasteiger partial charge in [-0.05, 0) is 42.9 Å². The summed E-state index contributed by atoms with van der Waals surface area (Å²) >= 11 is 6.02. The number of hydrogen-bond donors (Lipinski definition) is 0. The monoisotopic (exact) mass is 258 g/mol. The van der Waals surface area contributed by atoms with Crippen LogP contribution in [0.3, 0.4) is 0 Å². The van der Waals surface area contributed by atoms with Crippen LogP contribution < -0.4 is 0 Å². The van der Waals surface area contributed by atoms with Crippen molar-refractivity contribution < 1.29 is 8.42 Å². The predicted molar refractivity (Wildman–Crippen MR) is 66.4 cm³/mol. The molecule has 0 aromatic heterocycles. The highest BCUT2D eigenvalue weighted by Gasteiger charge is 2.28. The molecule has 0 radical (unpaired) electrons. The van der Waals surface area contributed by atoms with E-state index in [1.165, 1.54) is 0 Å². The van der Waals surface area contributed by atoms with Crippen molar-refractivity contribution in [1.29, 1.82) is 0 Å². The fourth-order valence-electron chi connectivity index (χ4n) is 1.71. The molecule has 1 aliphatic rings. The topological polar surface area (TPSA) is 34.1 Å². The van der Waals surface area contributed by atoms with Crippen LogP contribution in [0.4, 0.5) is 0 Å². The van der Waals surface area contributed by atoms with Gasteiger partial charge in [-0.1, -0.05) is 23.7 Å². The number of rotatable bonds is 4. The zero-order valence-corrected chi connectivity index (χ0v) is 10.8. The van der Waals surface area contributed by atoms with Crippen LogP contribution in [0.5, 0.6) is 0 Å². The molecule has 16 heavy (non-hydrogen) atoms. The number of aryl methyl sites for hydroxylation is 1. The second-order valence-corrected chi connectivity index (χ2v) is 7.11. The molecule has 0 bridgehead atoms. The van der Waals surface area contributed by atoms with E-state index in [1.807, 2.05) is 25.1 Å². The molecular formula is C12H15ClO2S. The first-order valence-corrected chi connectivity index (χ1v) is 7.62. The Bertz CT molecular complexity index is 490. The molecule has 0 N–H and O–H groups in total. The van der Waals surface area contributed by atoms with Gasteiger partial charge in [-0.15, -0.1) is 0 Å². The minimum absolute atomic E-state index is 0.0720. The Morgan fingerprint density at radius 1 is 1.38 bits per heavy atom. The minimum Gasteiger partial charge on any atom is -0.228 e. The Morgan fingerprint density at radius 3 is 2.62 bits per heavy atom. The molecule has 0 aliphatic heterocycles. The van der Waals surface area contributed by atoms with E-state index in [1.54, 1.807) is 0 Å². The normalized spacial score (nSPS) is 16.4. The molecule has 2 rings (SSSR count). The maximum atomic E-state index is 11.8. The molecule has 2 nitrogen and oxygen atoms in total. The Labute approximate surface area is 102 Å². The third-order valence-electron chi connectivity index (χ3n) is 2.77. The van der Waals surface area contributed by atoms with E-state index >= 15 is 0 Å². The van der Waals surface area contributed by atoms with Crippen LogP contribution in [-0.4, -0.2) is 14.2 Å². The first kappa shape index (κ1) is 11.9. The third kappa shape index (κ3) is 3.22. The van der Waals surface area contributed by atoms with E-state index < -0.39 is 9.84 Å². The van der Waals surface area contributed by atoms with E-state index in [9.17, 15) is 8.42 Å². The Morgan fingerprint density at radius 2 is 2.06 bits per heavy atom. The third-order valence-corrected chi connectivity index (χ3v) is 4.85. The lowest BCUT2D eigenvalue weighted by Gasteiger charge is -2.06. The van der Waals surface area contributed by atoms with E-state index in [2.05, 4.69) is 0 Å². The summed E-state index contributed by atoms with van der Waals surface area (Å²) in [5, 5.41) is 0.555. The first-order chi connectivity index (χ1) is 7.46. The maximum Gasteiger partial charge on any atom is 0.154 e. The molecule has 0 saturated heterocycles. The van der Waals surface area contributed by atoms with Crippen LogP contribution in [0.2, 0.25) is 5.02 Å². The number of sulfone groups is 1. The van der Waals surface area contributed by atoms with Gasteiger partial charge >= 0.3 is 0 Å². The van der Waals surface area contributed by atoms with Gasteiger partial charge in [-0.2, -0.15) is 0 Å². The van der Waals surface area contributed by atoms with Gasteiger partial charge in [0.05, 0.1) is 11.5 Å². The maximum absolute atomic E-state index is 11.8. The summed E-state index contributed by atoms with van der Waals surface area (Å²) in [5.41, 5.74) is 1.77. The van der Waals surface area contributed by atoms with E-state index in [4.69, 9.17) is 11.6 Å². The second-order valence-electron chi connectivity index (χ2n) is 4.59. The van der Waals surface area contributed by atoms with Crippen LogP contribution in [-0.2, 0) is 15.6 Å². The van der Waals surface area contributed by atoms with Crippen molar-refractivity contribution in [3.63, 3.8) is 0 Å². The molecule has 1 saturated carbocycles. The lowest BCUT2D eigenvalue weighted by atomic mass is 10.2. The summed E-state index contributed by atoms with van der Waals surface area (Å²) in [6, 6.07) is 5.51. The largest absolute Gasteiger partial charge is 0.228 e. The van der Waals surface area contributed by atoms with Gasteiger partial charge in [0.15, 0.2) is 9.84 Å². The molecular weight excluding hydrogens is 244 g/mol. The van der Waals surface area contributed by atoms with E-state index in [0.29, 0.717) is 22.3 Å². The minimum atomic E-state index is -2.99. The van der Waals surface area contributed by atoms with Crippen LogP contribution in [0.15, 0.2) is 18.2 Å². The fourth-order valence-corrected chi connectivity index (χ4v) is 3.99. The molecule has 1 aromatic carbocycles. The van der Waals surface area contributed by atoms with Crippen molar-refractivity contribution in [2.45, 2.75) is 25.5 Å². The van der Waals surface area contributed by atoms with Gasteiger partial charge in [0.25, 0.3) is 0 Å². The standard InChI is InChI=1S/C12H15ClO2S/c1-9-2-5-11(12(13)6-9)8-16(14,15)7-10-3-4-10/h2,5-6,10H,3-4,7-8H2,1H3. The lowest BCUT2D eigenvalue weighted by Crippen LogP contribution is -2.11. The van der Waals surface area contributed by atoms with Crippen molar-refractivity contribution in [2.24, 2.45) is 5.92 Å². The van der Waals surface area contributed by atoms with Crippen molar-refractivity contribution in [3.05, 3.63) is 34.3 Å². The van der Waals surface area contributed by atoms with Crippen LogP contribution in [0.25, 0.3) is 0 Å². The van der Waals surface area contributed by atoms with Gasteiger partial charge in [-0.3, -0.25) is 0 Å². The SMILES string of the molecule is Cc1ccc(CS(=O)(=O)CC2CC2)c(Cl)c1. The number of benzene rings is 1. The summed E-state index contributed by atoms with van der Waals surface area (Å²) in [4.78, 5) is 0. The van der Waals surface area contributed by atoms with Crippen molar-refractivity contribution >= 4 is 21.4 Å². The van der Waals surface area contributed by atoms with Crippen LogP contribution >= 0.6 is 11.6 Å². The van der Waals surface area contributed by atoms with E-state index in [-0.39, 0.29) is 5.75 Å². The van der Waals surface area contributed by atoms with Gasteiger partial charge in [0, 0.05) is 5.02 Å². The van der Waals surface area contributed by atoms with Crippen LogP contribution in [0, 0.1) is 12.8 Å². The van der Waals surface area contributed by atoms with Gasteiger partial charge in [0.2, 0.25) is 0 Å². The zero-order chi connectivity index (χ0) is 11.8. The fraction of sp³-hybridized carbons (Fsp3) is 0.500. The summed E-state index contributed by atoms with van der Waals surface area (Å²) < 4.78 is 23.7. The Balaban J connectivity index is 2.13. The number of halogens is 1. The second kappa shape index (κ2) is 4.38. The van der Waals surface area contributed by atoms with Gasteiger partial charge in [-0.25, -0.2) is 8.42 Å². The number of hydrogen-bond acceptors (Lipinski definition) is 2. The van der Waals surface area contributed by atoms with Gasteiger partial charge < -0.3 is 0 Å². The van der Waals surface area contributed by atoms with Crippen molar-refractivity contribution in [3.8, 4) is 0 Å². The summed E-state index contributed by atoms with van der Waals surface area (Å²) in [6.45, 7) is 1.94. The molecule has 0 amide bonds. The molecule has 1 fully saturated rings. The molecule has 0 atom stereocenters. The molecule has 1 aliphatic carbocycles. The molecule has 0 spiro atoms. The zero-order valence-electron chi connectivity index (χ0n) is 9.24. The quantitative estimate of drug-likeness (QED) is 0.832. The summed E-state index contributed by atoms with van der Waals surface area (Å²) in [5.74, 6) is 0.786. The van der Waals surface area contributed by atoms with E-state index in [0.717, 1.165) is 18.4 Å². The molecule has 88 valence electrons. The molecule has 4 heteroatoms. The predicted octanol–water partition coefficient (Wildman–Crippen LogP) is 2.97. The van der Waals surface area contributed by atoms with Crippen LogP contribution in [0.1, 0.15) is 24.0 Å². The highest BCUT2D eigenvalue weighted by molar-refractivity contribution is 7.90. The summed E-state index contributed by atoms with van der Waals surface area (Å²) in [6.07, 6.45) is 2.11. The Kier molecular flexibility index (Phi) is 3.27. The molecule has 0 heterocycles. The Hall–Kier alpha value is -0.540. The summed E-state index contributed by atoms with van der Waals surface area (Å²) in [7, 11) is -2.99. The van der Waals surface area contributed by atoms with Crippen molar-refractivity contribution in [2.75, 3.05) is 5.75 Å². The molecule has 1 aromatic rings. The van der Waals surface area contributed by atoms with Gasteiger partial charge in [0.1, 0.15) is 0 Å². The lowest BCUT2D eigenvalue weighted by molar-refractivity contribution is 0.591. The highest BCUT2D eigenvalue weighted by Crippen LogP contribution is 2.31.